The highest BCUT2D eigenvalue weighted by Gasteiger charge is 2.25. The number of ether oxygens (including phenoxy) is 2. The van der Waals surface area contributed by atoms with Gasteiger partial charge in [0.15, 0.2) is 0 Å². The van der Waals surface area contributed by atoms with Crippen LogP contribution in [0.25, 0.3) is 0 Å². The van der Waals surface area contributed by atoms with Gasteiger partial charge in [-0.3, -0.25) is 14.4 Å². The number of rotatable bonds is 10. The first-order valence-corrected chi connectivity index (χ1v) is 11.4. The smallest absolute Gasteiger partial charge is 0.407 e. The van der Waals surface area contributed by atoms with Crippen LogP contribution in [0, 0.1) is 0 Å². The maximum atomic E-state index is 12.6. The molecule has 0 aliphatic carbocycles. The van der Waals surface area contributed by atoms with Gasteiger partial charge in [0.25, 0.3) is 0 Å². The van der Waals surface area contributed by atoms with Crippen LogP contribution < -0.4 is 16.0 Å². The van der Waals surface area contributed by atoms with E-state index in [2.05, 4.69) is 16.0 Å². The quantitative estimate of drug-likeness (QED) is 0.444. The average Bonchev–Trinajstić information content (AvgIpc) is 2.77. The molecular weight excluding hydrogens is 450 g/mol. The third kappa shape index (κ3) is 11.2. The molecule has 35 heavy (non-hydrogen) atoms. The molecule has 1 unspecified atom stereocenters. The molecule has 3 amide bonds. The summed E-state index contributed by atoms with van der Waals surface area (Å²) in [5, 5.41) is 7.85. The summed E-state index contributed by atoms with van der Waals surface area (Å²) in [6.07, 6.45) is -1.26. The summed E-state index contributed by atoms with van der Waals surface area (Å²) in [5.41, 5.74) is 0.659. The van der Waals surface area contributed by atoms with Gasteiger partial charge in [0, 0.05) is 12.1 Å². The summed E-state index contributed by atoms with van der Waals surface area (Å²) in [4.78, 5) is 49.7. The lowest BCUT2D eigenvalue weighted by atomic mass is 10.1. The van der Waals surface area contributed by atoms with Crippen LogP contribution in [0.3, 0.4) is 0 Å². The molecule has 0 radical (unpaired) electrons. The number of carbonyl (C=O) groups excluding carboxylic acids is 4. The molecule has 0 heterocycles. The van der Waals surface area contributed by atoms with Crippen LogP contribution in [0.4, 0.5) is 10.5 Å². The third-order valence-corrected chi connectivity index (χ3v) is 4.62. The second-order valence-corrected chi connectivity index (χ2v) is 9.04. The van der Waals surface area contributed by atoms with Gasteiger partial charge in [-0.05, 0) is 45.4 Å². The first-order valence-electron chi connectivity index (χ1n) is 11.4. The van der Waals surface area contributed by atoms with E-state index in [1.54, 1.807) is 52.0 Å². The van der Waals surface area contributed by atoms with Crippen molar-refractivity contribution >= 4 is 29.6 Å². The normalized spacial score (nSPS) is 12.6. The summed E-state index contributed by atoms with van der Waals surface area (Å²) in [5.74, 6) is -1.50. The maximum absolute atomic E-state index is 12.6. The van der Waals surface area contributed by atoms with Crippen molar-refractivity contribution in [2.24, 2.45) is 0 Å². The molecular formula is C26H33N3O6. The highest BCUT2D eigenvalue weighted by Crippen LogP contribution is 2.10. The molecule has 9 heteroatoms. The molecule has 9 nitrogen and oxygen atoms in total. The Morgan fingerprint density at radius 1 is 0.857 bits per heavy atom. The number of hydrogen-bond donors (Lipinski definition) is 3. The molecule has 3 N–H and O–H groups in total. The molecule has 2 aromatic carbocycles. The molecule has 0 aromatic heterocycles. The Balaban J connectivity index is 1.94. The van der Waals surface area contributed by atoms with Gasteiger partial charge in [-0.25, -0.2) is 4.79 Å². The number of hydrogen-bond acceptors (Lipinski definition) is 6. The fourth-order valence-corrected chi connectivity index (χ4v) is 3.01. The van der Waals surface area contributed by atoms with Crippen molar-refractivity contribution < 1.29 is 28.7 Å². The van der Waals surface area contributed by atoms with E-state index < -0.39 is 41.6 Å². The number of amides is 3. The van der Waals surface area contributed by atoms with E-state index in [1.807, 2.05) is 36.4 Å². The van der Waals surface area contributed by atoms with Crippen molar-refractivity contribution in [2.45, 2.75) is 64.8 Å². The molecule has 0 spiro atoms. The standard InChI is InChI=1S/C26H33N3O6/c1-18(24(32)28-20-13-9-6-10-14-20)27-22(30)15-21(29-25(33)35-26(2,3)4)16-23(31)34-17-19-11-7-5-8-12-19/h5-14,18,21H,15-17H2,1-4H3,(H,27,30)(H,28,32)(H,29,33)/t18-,21?/m0/s1. The average molecular weight is 484 g/mol. The van der Waals surface area contributed by atoms with Gasteiger partial charge in [0.05, 0.1) is 12.5 Å². The van der Waals surface area contributed by atoms with Gasteiger partial charge in [-0.1, -0.05) is 48.5 Å². The van der Waals surface area contributed by atoms with Gasteiger partial charge in [-0.2, -0.15) is 0 Å². The fraction of sp³-hybridized carbons (Fsp3) is 0.385. The van der Waals surface area contributed by atoms with E-state index in [-0.39, 0.29) is 19.4 Å². The molecule has 2 atom stereocenters. The Labute approximate surface area is 205 Å². The molecule has 0 saturated heterocycles. The topological polar surface area (TPSA) is 123 Å². The monoisotopic (exact) mass is 483 g/mol. The van der Waals surface area contributed by atoms with Crippen LogP contribution in [0.2, 0.25) is 0 Å². The zero-order valence-corrected chi connectivity index (χ0v) is 20.5. The number of alkyl carbamates (subject to hydrolysis) is 1. The van der Waals surface area contributed by atoms with Crippen molar-refractivity contribution in [3.63, 3.8) is 0 Å². The van der Waals surface area contributed by atoms with E-state index in [0.717, 1.165) is 5.56 Å². The Hall–Kier alpha value is -3.88. The van der Waals surface area contributed by atoms with Crippen LogP contribution in [-0.4, -0.2) is 41.6 Å². The highest BCUT2D eigenvalue weighted by atomic mass is 16.6. The van der Waals surface area contributed by atoms with Gasteiger partial charge in [-0.15, -0.1) is 0 Å². The maximum Gasteiger partial charge on any atom is 0.407 e. The number of nitrogens with one attached hydrogen (secondary N) is 3. The number of benzene rings is 2. The Morgan fingerprint density at radius 2 is 1.46 bits per heavy atom. The molecule has 2 aromatic rings. The SMILES string of the molecule is C[C@H](NC(=O)CC(CC(=O)OCc1ccccc1)NC(=O)OC(C)(C)C)C(=O)Nc1ccccc1. The van der Waals surface area contributed by atoms with E-state index >= 15 is 0 Å². The first-order chi connectivity index (χ1) is 16.5. The van der Waals surface area contributed by atoms with Gasteiger partial charge in [0.2, 0.25) is 11.8 Å². The predicted molar refractivity (Wildman–Crippen MR) is 131 cm³/mol. The number of esters is 1. The van der Waals surface area contributed by atoms with E-state index in [0.29, 0.717) is 5.69 Å². The summed E-state index contributed by atoms with van der Waals surface area (Å²) < 4.78 is 10.5. The minimum Gasteiger partial charge on any atom is -0.461 e. The molecule has 0 aliphatic rings. The lowest BCUT2D eigenvalue weighted by Gasteiger charge is -2.23. The second kappa shape index (κ2) is 13.1. The Morgan fingerprint density at radius 3 is 2.06 bits per heavy atom. The van der Waals surface area contributed by atoms with Crippen molar-refractivity contribution in [1.82, 2.24) is 10.6 Å². The molecule has 188 valence electrons. The van der Waals surface area contributed by atoms with Gasteiger partial charge >= 0.3 is 12.1 Å². The van der Waals surface area contributed by atoms with Crippen LogP contribution in [0.15, 0.2) is 60.7 Å². The zero-order valence-electron chi connectivity index (χ0n) is 20.5. The van der Waals surface area contributed by atoms with Crippen LogP contribution in [-0.2, 0) is 30.5 Å². The van der Waals surface area contributed by atoms with Gasteiger partial charge in [0.1, 0.15) is 18.2 Å². The largest absolute Gasteiger partial charge is 0.461 e. The predicted octanol–water partition coefficient (Wildman–Crippen LogP) is 3.55. The molecule has 0 saturated carbocycles. The molecule has 0 aliphatic heterocycles. The molecule has 0 bridgehead atoms. The number of para-hydroxylation sites is 1. The highest BCUT2D eigenvalue weighted by molar-refractivity contribution is 5.97. The second-order valence-electron chi connectivity index (χ2n) is 9.04. The Kier molecular flexibility index (Phi) is 10.3. The zero-order chi connectivity index (χ0) is 25.8. The minimum absolute atomic E-state index is 0.0711. The van der Waals surface area contributed by atoms with Gasteiger partial charge < -0.3 is 25.4 Å². The summed E-state index contributed by atoms with van der Waals surface area (Å²) in [6, 6.07) is 16.3. The number of carbonyl (C=O) groups is 4. The fourth-order valence-electron chi connectivity index (χ4n) is 3.01. The summed E-state index contributed by atoms with van der Waals surface area (Å²) >= 11 is 0. The lowest BCUT2D eigenvalue weighted by molar-refractivity contribution is -0.145. The Bertz CT molecular complexity index is 989. The summed E-state index contributed by atoms with van der Waals surface area (Å²) in [6.45, 7) is 6.72. The lowest BCUT2D eigenvalue weighted by Crippen LogP contribution is -2.46. The molecule has 2 rings (SSSR count). The van der Waals surface area contributed by atoms with Crippen molar-refractivity contribution in [3.05, 3.63) is 66.2 Å². The van der Waals surface area contributed by atoms with E-state index in [4.69, 9.17) is 9.47 Å². The first kappa shape index (κ1) is 27.4. The number of anilines is 1. The minimum atomic E-state index is -0.891. The summed E-state index contributed by atoms with van der Waals surface area (Å²) in [7, 11) is 0. The van der Waals surface area contributed by atoms with E-state index in [1.165, 1.54) is 0 Å². The van der Waals surface area contributed by atoms with Crippen molar-refractivity contribution in [1.29, 1.82) is 0 Å². The van der Waals surface area contributed by atoms with Crippen LogP contribution in [0.1, 0.15) is 46.1 Å². The van der Waals surface area contributed by atoms with E-state index in [9.17, 15) is 19.2 Å². The van der Waals surface area contributed by atoms with Crippen molar-refractivity contribution in [2.75, 3.05) is 5.32 Å². The van der Waals surface area contributed by atoms with Crippen LogP contribution in [0.5, 0.6) is 0 Å². The third-order valence-electron chi connectivity index (χ3n) is 4.62. The van der Waals surface area contributed by atoms with Crippen LogP contribution >= 0.6 is 0 Å². The van der Waals surface area contributed by atoms with Crippen molar-refractivity contribution in [3.8, 4) is 0 Å². The molecule has 0 fully saturated rings.